The first-order valence-electron chi connectivity index (χ1n) is 8.80. The van der Waals surface area contributed by atoms with Crippen LogP contribution in [-0.2, 0) is 10.3 Å². The molecule has 2 heterocycles. The number of ether oxygens (including phenoxy) is 1. The predicted octanol–water partition coefficient (Wildman–Crippen LogP) is 3.04. The van der Waals surface area contributed by atoms with Crippen LogP contribution in [0.15, 0.2) is 0 Å². The molecule has 3 rings (SSSR count). The third-order valence-electron chi connectivity index (χ3n) is 5.13. The van der Waals surface area contributed by atoms with Gasteiger partial charge < -0.3 is 9.64 Å². The molecule has 2 fully saturated rings. The number of nitrogens with zero attached hydrogens (tertiary/aromatic N) is 3. The highest BCUT2D eigenvalue weighted by Crippen LogP contribution is 2.31. The molecule has 0 bridgehead atoms. The van der Waals surface area contributed by atoms with Crippen molar-refractivity contribution in [2.24, 2.45) is 0 Å². The fourth-order valence-corrected chi connectivity index (χ4v) is 4.10. The van der Waals surface area contributed by atoms with Crippen molar-refractivity contribution in [3.05, 3.63) is 17.0 Å². The van der Waals surface area contributed by atoms with Gasteiger partial charge in [0.05, 0.1) is 35.5 Å². The maximum Gasteiger partial charge on any atom is 0.258 e. The first-order valence-corrected chi connectivity index (χ1v) is 8.80. The summed E-state index contributed by atoms with van der Waals surface area (Å²) in [5.74, 6) is 0.135. The number of hydrogen-bond donors (Lipinski definition) is 0. The fourth-order valence-electron chi connectivity index (χ4n) is 4.10. The van der Waals surface area contributed by atoms with Gasteiger partial charge in [-0.1, -0.05) is 12.8 Å². The van der Waals surface area contributed by atoms with E-state index in [0.29, 0.717) is 13.2 Å². The van der Waals surface area contributed by atoms with Gasteiger partial charge in [0.25, 0.3) is 5.91 Å². The van der Waals surface area contributed by atoms with Gasteiger partial charge in [0.2, 0.25) is 0 Å². The molecule has 5 nitrogen and oxygen atoms in total. The second-order valence-corrected chi connectivity index (χ2v) is 7.89. The Morgan fingerprint density at radius 3 is 2.57 bits per heavy atom. The molecule has 1 aliphatic heterocycles. The van der Waals surface area contributed by atoms with E-state index in [-0.39, 0.29) is 23.6 Å². The third kappa shape index (κ3) is 2.91. The van der Waals surface area contributed by atoms with Crippen molar-refractivity contribution in [2.45, 2.75) is 78.0 Å². The number of rotatable bonds is 1. The highest BCUT2D eigenvalue weighted by atomic mass is 16.5. The molecule has 1 saturated heterocycles. The van der Waals surface area contributed by atoms with Crippen LogP contribution < -0.4 is 0 Å². The summed E-state index contributed by atoms with van der Waals surface area (Å²) in [5, 5.41) is 4.64. The SMILES string of the molecule is Cc1nn(C(C)(C)C)c(C)c1C(=O)N1CCO[C@@H]2CCCC[C@@H]21. The van der Waals surface area contributed by atoms with Gasteiger partial charge in [0.15, 0.2) is 0 Å². The average Bonchev–Trinajstić information content (AvgIpc) is 2.81. The van der Waals surface area contributed by atoms with E-state index in [1.165, 1.54) is 12.8 Å². The lowest BCUT2D eigenvalue weighted by Crippen LogP contribution is -2.55. The number of aryl methyl sites for hydroxylation is 1. The van der Waals surface area contributed by atoms with Crippen LogP contribution in [0, 0.1) is 13.8 Å². The van der Waals surface area contributed by atoms with Crippen molar-refractivity contribution < 1.29 is 9.53 Å². The number of carbonyl (C=O) groups is 1. The number of amides is 1. The second kappa shape index (κ2) is 5.93. The number of aromatic nitrogens is 2. The Labute approximate surface area is 139 Å². The summed E-state index contributed by atoms with van der Waals surface area (Å²) >= 11 is 0. The molecule has 0 N–H and O–H groups in total. The molecular formula is C18H29N3O2. The number of hydrogen-bond acceptors (Lipinski definition) is 3. The lowest BCUT2D eigenvalue weighted by Gasteiger charge is -2.43. The standard InChI is InChI=1S/C18H29N3O2/c1-12-16(13(2)21(19-12)18(3,4)5)17(22)20-10-11-23-15-9-7-6-8-14(15)20/h14-15H,6-11H2,1-5H3/t14-,15+/m0/s1. The van der Waals surface area contributed by atoms with Gasteiger partial charge >= 0.3 is 0 Å². The van der Waals surface area contributed by atoms with Gasteiger partial charge in [0, 0.05) is 12.2 Å². The van der Waals surface area contributed by atoms with Crippen molar-refractivity contribution >= 4 is 5.91 Å². The lowest BCUT2D eigenvalue weighted by molar-refractivity contribution is -0.0753. The quantitative estimate of drug-likeness (QED) is 0.799. The molecular weight excluding hydrogens is 290 g/mol. The summed E-state index contributed by atoms with van der Waals surface area (Å²) in [5.41, 5.74) is 2.47. The van der Waals surface area contributed by atoms with Gasteiger partial charge in [-0.05, 0) is 47.5 Å². The smallest absolute Gasteiger partial charge is 0.258 e. The Hall–Kier alpha value is -1.36. The highest BCUT2D eigenvalue weighted by molar-refractivity contribution is 5.96. The van der Waals surface area contributed by atoms with E-state index < -0.39 is 0 Å². The van der Waals surface area contributed by atoms with E-state index >= 15 is 0 Å². The predicted molar refractivity (Wildman–Crippen MR) is 89.7 cm³/mol. The maximum atomic E-state index is 13.3. The summed E-state index contributed by atoms with van der Waals surface area (Å²) in [6, 6.07) is 0.238. The first kappa shape index (κ1) is 16.5. The second-order valence-electron chi connectivity index (χ2n) is 7.89. The van der Waals surface area contributed by atoms with Gasteiger partial charge in [-0.2, -0.15) is 5.10 Å². The number of fused-ring (bicyclic) bond motifs is 1. The largest absolute Gasteiger partial charge is 0.374 e. The molecule has 1 amide bonds. The van der Waals surface area contributed by atoms with Gasteiger partial charge in [0.1, 0.15) is 0 Å². The molecule has 1 aliphatic carbocycles. The molecule has 0 unspecified atom stereocenters. The Kier molecular flexibility index (Phi) is 4.25. The van der Waals surface area contributed by atoms with E-state index in [0.717, 1.165) is 29.8 Å². The van der Waals surface area contributed by atoms with Gasteiger partial charge in [-0.3, -0.25) is 9.48 Å². The van der Waals surface area contributed by atoms with Crippen molar-refractivity contribution in [3.8, 4) is 0 Å². The molecule has 0 spiro atoms. The van der Waals surface area contributed by atoms with Crippen LogP contribution in [0.25, 0.3) is 0 Å². The van der Waals surface area contributed by atoms with E-state index in [9.17, 15) is 4.79 Å². The molecule has 0 radical (unpaired) electrons. The Morgan fingerprint density at radius 2 is 1.91 bits per heavy atom. The first-order chi connectivity index (χ1) is 10.8. The zero-order chi connectivity index (χ0) is 16.8. The monoisotopic (exact) mass is 319 g/mol. The van der Waals surface area contributed by atoms with Crippen LogP contribution >= 0.6 is 0 Å². The van der Waals surface area contributed by atoms with Crippen LogP contribution in [0.4, 0.5) is 0 Å². The van der Waals surface area contributed by atoms with Crippen LogP contribution in [0.1, 0.15) is 68.2 Å². The van der Waals surface area contributed by atoms with E-state index in [1.807, 2.05) is 18.5 Å². The lowest BCUT2D eigenvalue weighted by atomic mass is 9.89. The Balaban J connectivity index is 1.92. The van der Waals surface area contributed by atoms with Gasteiger partial charge in [-0.25, -0.2) is 0 Å². The van der Waals surface area contributed by atoms with Crippen molar-refractivity contribution in [1.82, 2.24) is 14.7 Å². The third-order valence-corrected chi connectivity index (χ3v) is 5.13. The molecule has 23 heavy (non-hydrogen) atoms. The van der Waals surface area contributed by atoms with E-state index in [4.69, 9.17) is 4.74 Å². The van der Waals surface area contributed by atoms with E-state index in [2.05, 4.69) is 30.8 Å². The maximum absolute atomic E-state index is 13.3. The van der Waals surface area contributed by atoms with Crippen LogP contribution in [0.2, 0.25) is 0 Å². The van der Waals surface area contributed by atoms with Crippen LogP contribution in [0.5, 0.6) is 0 Å². The molecule has 128 valence electrons. The summed E-state index contributed by atoms with van der Waals surface area (Å²) in [6.45, 7) is 11.7. The topological polar surface area (TPSA) is 47.4 Å². The van der Waals surface area contributed by atoms with Gasteiger partial charge in [-0.15, -0.1) is 0 Å². The molecule has 1 saturated carbocycles. The van der Waals surface area contributed by atoms with E-state index in [1.54, 1.807) is 0 Å². The summed E-state index contributed by atoms with van der Waals surface area (Å²) in [6.07, 6.45) is 4.76. The minimum atomic E-state index is -0.119. The van der Waals surface area contributed by atoms with Crippen LogP contribution in [-0.4, -0.2) is 45.9 Å². The molecule has 2 atom stereocenters. The van der Waals surface area contributed by atoms with Crippen molar-refractivity contribution in [2.75, 3.05) is 13.2 Å². The normalized spacial score (nSPS) is 25.3. The fraction of sp³-hybridized carbons (Fsp3) is 0.778. The minimum Gasteiger partial charge on any atom is -0.374 e. The molecule has 2 aliphatic rings. The summed E-state index contributed by atoms with van der Waals surface area (Å²) < 4.78 is 7.88. The zero-order valence-corrected chi connectivity index (χ0v) is 15.1. The molecule has 1 aromatic rings. The number of carbonyl (C=O) groups excluding carboxylic acids is 1. The zero-order valence-electron chi connectivity index (χ0n) is 15.1. The Bertz CT molecular complexity index is 598. The molecule has 1 aromatic heterocycles. The average molecular weight is 319 g/mol. The number of morpholine rings is 1. The summed E-state index contributed by atoms with van der Waals surface area (Å²) in [4.78, 5) is 15.3. The summed E-state index contributed by atoms with van der Waals surface area (Å²) in [7, 11) is 0. The Morgan fingerprint density at radius 1 is 1.22 bits per heavy atom. The van der Waals surface area contributed by atoms with Crippen molar-refractivity contribution in [1.29, 1.82) is 0 Å². The van der Waals surface area contributed by atoms with Crippen molar-refractivity contribution in [3.63, 3.8) is 0 Å². The highest BCUT2D eigenvalue weighted by Gasteiger charge is 2.38. The minimum absolute atomic E-state index is 0.119. The van der Waals surface area contributed by atoms with Crippen LogP contribution in [0.3, 0.4) is 0 Å². The molecule has 0 aromatic carbocycles. The molecule has 5 heteroatoms.